The predicted octanol–water partition coefficient (Wildman–Crippen LogP) is 2.34. The third-order valence-electron chi connectivity index (χ3n) is 2.84. The number of aromatic nitrogens is 1. The molecule has 0 aliphatic carbocycles. The molecule has 0 fully saturated rings. The van der Waals surface area contributed by atoms with Crippen LogP contribution in [0, 0.1) is 0 Å². The fourth-order valence-electron chi connectivity index (χ4n) is 1.84. The quantitative estimate of drug-likeness (QED) is 0.559. The zero-order valence-corrected chi connectivity index (χ0v) is 13.8. The zero-order chi connectivity index (χ0) is 16.5. The minimum absolute atomic E-state index is 0.300. The van der Waals surface area contributed by atoms with Crippen LogP contribution in [0.5, 0.6) is 5.88 Å². The van der Waals surface area contributed by atoms with Gasteiger partial charge in [0, 0.05) is 23.7 Å². The van der Waals surface area contributed by atoms with Crippen LogP contribution < -0.4 is 10.5 Å². The fraction of sp³-hybridized carbons (Fsp3) is 0.375. The molecule has 0 bridgehead atoms. The molecule has 0 radical (unpaired) electrons. The number of carbonyl (C=O) groups excluding carboxylic acids is 1. The van der Waals surface area contributed by atoms with Gasteiger partial charge in [0.05, 0.1) is 19.8 Å². The van der Waals surface area contributed by atoms with E-state index in [0.717, 1.165) is 10.4 Å². The van der Waals surface area contributed by atoms with Crippen LogP contribution in [0.4, 0.5) is 0 Å². The average Bonchev–Trinajstić information content (AvgIpc) is 3.05. The monoisotopic (exact) mass is 336 g/mol. The Hall–Kier alpha value is -1.96. The number of pyridine rings is 1. The molecular formula is C16H20N2O4S. The Morgan fingerprint density at radius 3 is 2.91 bits per heavy atom. The molecule has 2 rings (SSSR count). The molecule has 0 aromatic carbocycles. The molecule has 124 valence electrons. The van der Waals surface area contributed by atoms with Crippen LogP contribution in [-0.4, -0.2) is 43.9 Å². The molecule has 0 saturated heterocycles. The van der Waals surface area contributed by atoms with Gasteiger partial charge >= 0.3 is 5.97 Å². The van der Waals surface area contributed by atoms with Crippen LogP contribution in [0.2, 0.25) is 0 Å². The first-order valence-corrected chi connectivity index (χ1v) is 8.20. The highest BCUT2D eigenvalue weighted by molar-refractivity contribution is 7.17. The van der Waals surface area contributed by atoms with E-state index in [4.69, 9.17) is 19.9 Å². The van der Waals surface area contributed by atoms with Crippen molar-refractivity contribution in [3.05, 3.63) is 35.3 Å². The van der Waals surface area contributed by atoms with Gasteiger partial charge in [-0.15, -0.1) is 11.3 Å². The van der Waals surface area contributed by atoms with Crippen molar-refractivity contribution in [2.45, 2.75) is 6.92 Å². The summed E-state index contributed by atoms with van der Waals surface area (Å²) in [7, 11) is 0. The van der Waals surface area contributed by atoms with Gasteiger partial charge in [-0.2, -0.15) is 0 Å². The molecule has 0 spiro atoms. The molecular weight excluding hydrogens is 316 g/mol. The third kappa shape index (κ3) is 5.31. The highest BCUT2D eigenvalue weighted by Crippen LogP contribution is 2.29. The average molecular weight is 336 g/mol. The summed E-state index contributed by atoms with van der Waals surface area (Å²) < 4.78 is 15.8. The van der Waals surface area contributed by atoms with Gasteiger partial charge in [-0.05, 0) is 30.7 Å². The van der Waals surface area contributed by atoms with Gasteiger partial charge in [-0.25, -0.2) is 9.78 Å². The summed E-state index contributed by atoms with van der Waals surface area (Å²) in [5, 5.41) is 0. The molecule has 2 heterocycles. The lowest BCUT2D eigenvalue weighted by atomic mass is 10.2. The van der Waals surface area contributed by atoms with Crippen LogP contribution in [0.15, 0.2) is 30.5 Å². The fourth-order valence-corrected chi connectivity index (χ4v) is 2.73. The molecule has 0 aliphatic heterocycles. The molecule has 7 heteroatoms. The number of thiophene rings is 1. The summed E-state index contributed by atoms with van der Waals surface area (Å²) in [5.74, 6) is 0.219. The maximum atomic E-state index is 11.7. The van der Waals surface area contributed by atoms with E-state index in [9.17, 15) is 4.79 Å². The summed E-state index contributed by atoms with van der Waals surface area (Å²) in [6.07, 6.45) is 1.68. The van der Waals surface area contributed by atoms with Crippen molar-refractivity contribution in [3.8, 4) is 16.3 Å². The normalized spacial score (nSPS) is 10.5. The number of hydrogen-bond acceptors (Lipinski definition) is 7. The molecule has 0 atom stereocenters. The standard InChI is InChI=1S/C16H20N2O4S/c1-2-21-16(19)14-4-3-13(23-14)12-5-7-18-15(11-12)22-10-9-20-8-6-17/h3-5,7,11H,2,6,8-10,17H2,1H3. The van der Waals surface area contributed by atoms with Crippen molar-refractivity contribution >= 4 is 17.3 Å². The van der Waals surface area contributed by atoms with Crippen molar-refractivity contribution in [1.29, 1.82) is 0 Å². The highest BCUT2D eigenvalue weighted by atomic mass is 32.1. The summed E-state index contributed by atoms with van der Waals surface area (Å²) in [6.45, 7) is 4.04. The maximum Gasteiger partial charge on any atom is 0.348 e. The van der Waals surface area contributed by atoms with E-state index in [-0.39, 0.29) is 5.97 Å². The minimum Gasteiger partial charge on any atom is -0.475 e. The summed E-state index contributed by atoms with van der Waals surface area (Å²) >= 11 is 1.38. The molecule has 2 aromatic rings. The van der Waals surface area contributed by atoms with Crippen LogP contribution in [0.1, 0.15) is 16.6 Å². The van der Waals surface area contributed by atoms with Gasteiger partial charge in [-0.1, -0.05) is 0 Å². The van der Waals surface area contributed by atoms with Crippen molar-refractivity contribution in [3.63, 3.8) is 0 Å². The Bertz CT molecular complexity index is 630. The van der Waals surface area contributed by atoms with E-state index < -0.39 is 0 Å². The molecule has 0 amide bonds. The maximum absolute atomic E-state index is 11.7. The number of hydrogen-bond donors (Lipinski definition) is 1. The Morgan fingerprint density at radius 1 is 1.26 bits per heavy atom. The molecule has 2 aromatic heterocycles. The first-order valence-electron chi connectivity index (χ1n) is 7.38. The first-order chi connectivity index (χ1) is 11.2. The zero-order valence-electron chi connectivity index (χ0n) is 13.0. The smallest absolute Gasteiger partial charge is 0.348 e. The van der Waals surface area contributed by atoms with Crippen molar-refractivity contribution in [1.82, 2.24) is 4.98 Å². The van der Waals surface area contributed by atoms with E-state index in [1.165, 1.54) is 11.3 Å². The number of nitrogens with two attached hydrogens (primary N) is 1. The van der Waals surface area contributed by atoms with E-state index in [1.54, 1.807) is 19.2 Å². The van der Waals surface area contributed by atoms with Crippen molar-refractivity contribution < 1.29 is 19.0 Å². The second kappa shape index (κ2) is 9.24. The lowest BCUT2D eigenvalue weighted by Gasteiger charge is -2.06. The number of carbonyl (C=O) groups is 1. The summed E-state index contributed by atoms with van der Waals surface area (Å²) in [6, 6.07) is 7.36. The van der Waals surface area contributed by atoms with Gasteiger partial charge in [0.25, 0.3) is 0 Å². The second-order valence-electron chi connectivity index (χ2n) is 4.52. The Labute approximate surface area is 139 Å². The Balaban J connectivity index is 1.98. The van der Waals surface area contributed by atoms with Crippen LogP contribution in [0.25, 0.3) is 10.4 Å². The minimum atomic E-state index is -0.300. The second-order valence-corrected chi connectivity index (χ2v) is 5.60. The molecule has 23 heavy (non-hydrogen) atoms. The van der Waals surface area contributed by atoms with Gasteiger partial charge in [-0.3, -0.25) is 0 Å². The largest absolute Gasteiger partial charge is 0.475 e. The van der Waals surface area contributed by atoms with Gasteiger partial charge in [0.1, 0.15) is 11.5 Å². The van der Waals surface area contributed by atoms with Crippen LogP contribution in [-0.2, 0) is 9.47 Å². The van der Waals surface area contributed by atoms with E-state index >= 15 is 0 Å². The highest BCUT2D eigenvalue weighted by Gasteiger charge is 2.11. The van der Waals surface area contributed by atoms with Crippen molar-refractivity contribution in [2.24, 2.45) is 5.73 Å². The topological polar surface area (TPSA) is 83.7 Å². The number of rotatable bonds is 9. The number of ether oxygens (including phenoxy) is 3. The Kier molecular flexibility index (Phi) is 6.99. The van der Waals surface area contributed by atoms with Gasteiger partial charge < -0.3 is 19.9 Å². The predicted molar refractivity (Wildman–Crippen MR) is 88.9 cm³/mol. The molecule has 2 N–H and O–H groups in total. The Morgan fingerprint density at radius 2 is 2.13 bits per heavy atom. The SMILES string of the molecule is CCOC(=O)c1ccc(-c2ccnc(OCCOCCN)c2)s1. The van der Waals surface area contributed by atoms with E-state index in [0.29, 0.717) is 43.7 Å². The van der Waals surface area contributed by atoms with Gasteiger partial charge in [0.2, 0.25) is 5.88 Å². The van der Waals surface area contributed by atoms with Crippen LogP contribution in [0.3, 0.4) is 0 Å². The lowest BCUT2D eigenvalue weighted by Crippen LogP contribution is -2.13. The molecule has 6 nitrogen and oxygen atoms in total. The summed E-state index contributed by atoms with van der Waals surface area (Å²) in [4.78, 5) is 17.4. The van der Waals surface area contributed by atoms with E-state index in [1.807, 2.05) is 18.2 Å². The number of nitrogens with zero attached hydrogens (tertiary/aromatic N) is 1. The van der Waals surface area contributed by atoms with Crippen molar-refractivity contribution in [2.75, 3.05) is 33.0 Å². The first kappa shape index (κ1) is 17.4. The lowest BCUT2D eigenvalue weighted by molar-refractivity contribution is 0.0532. The molecule has 0 aliphatic rings. The van der Waals surface area contributed by atoms with Crippen LogP contribution >= 0.6 is 11.3 Å². The molecule has 0 saturated carbocycles. The number of esters is 1. The van der Waals surface area contributed by atoms with E-state index in [2.05, 4.69) is 4.98 Å². The summed E-state index contributed by atoms with van der Waals surface area (Å²) in [5.41, 5.74) is 6.28. The third-order valence-corrected chi connectivity index (χ3v) is 3.96. The van der Waals surface area contributed by atoms with Gasteiger partial charge in [0.15, 0.2) is 0 Å². The molecule has 0 unspecified atom stereocenters.